The van der Waals surface area contributed by atoms with Crippen molar-refractivity contribution in [3.63, 3.8) is 0 Å². The molecule has 0 radical (unpaired) electrons. The molecule has 1 amide bonds. The Kier molecular flexibility index (Phi) is 4.71. The standard InChI is InChI=1S/C19H13FN2O4S/c20-12-5-1-2-6-13(12)26-11-16(23)21-19-22-17(14-7-3-9-24-14)18(27-19)15-8-4-10-25-15/h1-10H,11H2,(H,21,22,23). The molecule has 0 aliphatic rings. The van der Waals surface area contributed by atoms with Crippen LogP contribution in [0, 0.1) is 5.82 Å². The lowest BCUT2D eigenvalue weighted by atomic mass is 10.2. The van der Waals surface area contributed by atoms with Crippen molar-refractivity contribution >= 4 is 22.4 Å². The van der Waals surface area contributed by atoms with E-state index in [4.69, 9.17) is 13.6 Å². The molecule has 0 aliphatic heterocycles. The van der Waals surface area contributed by atoms with Crippen LogP contribution in [0.5, 0.6) is 5.75 Å². The van der Waals surface area contributed by atoms with Crippen molar-refractivity contribution in [2.75, 3.05) is 11.9 Å². The number of para-hydroxylation sites is 1. The summed E-state index contributed by atoms with van der Waals surface area (Å²) in [5.74, 6) is 0.200. The van der Waals surface area contributed by atoms with Crippen LogP contribution in [0.4, 0.5) is 9.52 Å². The molecule has 4 aromatic rings. The number of thiazole rings is 1. The number of carbonyl (C=O) groups is 1. The van der Waals surface area contributed by atoms with Gasteiger partial charge in [0.2, 0.25) is 0 Å². The summed E-state index contributed by atoms with van der Waals surface area (Å²) in [4.78, 5) is 17.3. The van der Waals surface area contributed by atoms with E-state index < -0.39 is 11.7 Å². The molecule has 136 valence electrons. The van der Waals surface area contributed by atoms with Gasteiger partial charge in [-0.2, -0.15) is 0 Å². The Labute approximate surface area is 157 Å². The summed E-state index contributed by atoms with van der Waals surface area (Å²) >= 11 is 1.24. The van der Waals surface area contributed by atoms with Gasteiger partial charge in [0.25, 0.3) is 5.91 Å². The van der Waals surface area contributed by atoms with Gasteiger partial charge in [-0.05, 0) is 36.4 Å². The second-order valence-electron chi connectivity index (χ2n) is 5.42. The largest absolute Gasteiger partial charge is 0.481 e. The van der Waals surface area contributed by atoms with Crippen molar-refractivity contribution in [2.45, 2.75) is 0 Å². The topological polar surface area (TPSA) is 77.5 Å². The van der Waals surface area contributed by atoms with E-state index in [1.165, 1.54) is 23.5 Å². The Balaban J connectivity index is 1.51. The first-order valence-corrected chi connectivity index (χ1v) is 8.78. The van der Waals surface area contributed by atoms with Gasteiger partial charge in [0, 0.05) is 0 Å². The third kappa shape index (κ3) is 3.75. The highest BCUT2D eigenvalue weighted by Crippen LogP contribution is 2.39. The third-order valence-corrected chi connectivity index (χ3v) is 4.55. The minimum absolute atomic E-state index is 0.0133. The highest BCUT2D eigenvalue weighted by Gasteiger charge is 2.20. The number of aromatic nitrogens is 1. The quantitative estimate of drug-likeness (QED) is 0.516. The van der Waals surface area contributed by atoms with Crippen molar-refractivity contribution in [3.05, 3.63) is 66.9 Å². The Morgan fingerprint density at radius 3 is 2.52 bits per heavy atom. The molecule has 8 heteroatoms. The minimum Gasteiger partial charge on any atom is -0.481 e. The summed E-state index contributed by atoms with van der Waals surface area (Å²) in [5.41, 5.74) is 0.560. The number of nitrogens with zero attached hydrogens (tertiary/aromatic N) is 1. The second-order valence-corrected chi connectivity index (χ2v) is 6.42. The normalized spacial score (nSPS) is 10.7. The average molecular weight is 384 g/mol. The Bertz CT molecular complexity index is 990. The first kappa shape index (κ1) is 17.0. The number of nitrogens with one attached hydrogen (secondary N) is 1. The maximum absolute atomic E-state index is 13.5. The van der Waals surface area contributed by atoms with Gasteiger partial charge in [0.15, 0.2) is 29.1 Å². The van der Waals surface area contributed by atoms with Gasteiger partial charge in [-0.25, -0.2) is 9.37 Å². The second kappa shape index (κ2) is 7.46. The van der Waals surface area contributed by atoms with E-state index in [2.05, 4.69) is 10.3 Å². The minimum atomic E-state index is -0.528. The Morgan fingerprint density at radius 1 is 1.07 bits per heavy atom. The molecule has 3 heterocycles. The molecule has 0 unspecified atom stereocenters. The zero-order valence-electron chi connectivity index (χ0n) is 13.8. The summed E-state index contributed by atoms with van der Waals surface area (Å²) < 4.78 is 29.6. The number of furan rings is 2. The van der Waals surface area contributed by atoms with Gasteiger partial charge in [-0.3, -0.25) is 10.1 Å². The van der Waals surface area contributed by atoms with Gasteiger partial charge in [-0.1, -0.05) is 23.5 Å². The molecule has 0 saturated heterocycles. The monoisotopic (exact) mass is 384 g/mol. The molecule has 1 N–H and O–H groups in total. The molecule has 6 nitrogen and oxygen atoms in total. The SMILES string of the molecule is O=C(COc1ccccc1F)Nc1nc(-c2ccco2)c(-c2ccco2)s1. The first-order chi connectivity index (χ1) is 13.2. The molecule has 1 aromatic carbocycles. The molecule has 0 aliphatic carbocycles. The number of ether oxygens (including phenoxy) is 1. The van der Waals surface area contributed by atoms with Crippen molar-refractivity contribution in [2.24, 2.45) is 0 Å². The van der Waals surface area contributed by atoms with Gasteiger partial charge in [0.05, 0.1) is 12.5 Å². The summed E-state index contributed by atoms with van der Waals surface area (Å²) in [6.45, 7) is -0.341. The van der Waals surface area contributed by atoms with Crippen LogP contribution < -0.4 is 10.1 Å². The summed E-state index contributed by atoms with van der Waals surface area (Å²) in [6, 6.07) is 13.0. The molecule has 0 saturated carbocycles. The van der Waals surface area contributed by atoms with E-state index in [1.54, 1.807) is 48.9 Å². The molecule has 0 bridgehead atoms. The van der Waals surface area contributed by atoms with E-state index in [0.717, 1.165) is 4.88 Å². The predicted molar refractivity (Wildman–Crippen MR) is 98.0 cm³/mol. The van der Waals surface area contributed by atoms with Crippen LogP contribution in [-0.2, 0) is 4.79 Å². The number of benzene rings is 1. The van der Waals surface area contributed by atoms with Crippen LogP contribution in [0.1, 0.15) is 0 Å². The fourth-order valence-electron chi connectivity index (χ4n) is 2.39. The van der Waals surface area contributed by atoms with E-state index in [1.807, 2.05) is 0 Å². The number of carbonyl (C=O) groups excluding carboxylic acids is 1. The lowest BCUT2D eigenvalue weighted by Gasteiger charge is -2.06. The lowest BCUT2D eigenvalue weighted by Crippen LogP contribution is -2.20. The van der Waals surface area contributed by atoms with E-state index in [0.29, 0.717) is 22.3 Å². The number of hydrogen-bond donors (Lipinski definition) is 1. The number of rotatable bonds is 6. The van der Waals surface area contributed by atoms with Gasteiger partial charge < -0.3 is 13.6 Å². The smallest absolute Gasteiger partial charge is 0.264 e. The Morgan fingerprint density at radius 2 is 1.81 bits per heavy atom. The highest BCUT2D eigenvalue weighted by atomic mass is 32.1. The fourth-order valence-corrected chi connectivity index (χ4v) is 3.34. The van der Waals surface area contributed by atoms with Gasteiger partial charge in [0.1, 0.15) is 16.3 Å². The average Bonchev–Trinajstić information content (AvgIpc) is 3.41. The van der Waals surface area contributed by atoms with Crippen molar-refractivity contribution in [3.8, 4) is 27.8 Å². The Hall–Kier alpha value is -3.39. The zero-order chi connectivity index (χ0) is 18.6. The molecular weight excluding hydrogens is 371 g/mol. The first-order valence-electron chi connectivity index (χ1n) is 7.96. The summed E-state index contributed by atoms with van der Waals surface area (Å²) in [6.07, 6.45) is 3.10. The van der Waals surface area contributed by atoms with Gasteiger partial charge in [-0.15, -0.1) is 0 Å². The summed E-state index contributed by atoms with van der Waals surface area (Å²) in [7, 11) is 0. The van der Waals surface area contributed by atoms with E-state index >= 15 is 0 Å². The van der Waals surface area contributed by atoms with Crippen LogP contribution in [0.3, 0.4) is 0 Å². The van der Waals surface area contributed by atoms with Crippen molar-refractivity contribution in [1.29, 1.82) is 0 Å². The van der Waals surface area contributed by atoms with Crippen molar-refractivity contribution < 1.29 is 22.8 Å². The number of amides is 1. The summed E-state index contributed by atoms with van der Waals surface area (Å²) in [5, 5.41) is 3.01. The number of halogens is 1. The van der Waals surface area contributed by atoms with E-state index in [9.17, 15) is 9.18 Å². The van der Waals surface area contributed by atoms with Crippen LogP contribution in [0.25, 0.3) is 22.1 Å². The molecular formula is C19H13FN2O4S. The zero-order valence-corrected chi connectivity index (χ0v) is 14.7. The van der Waals surface area contributed by atoms with Crippen LogP contribution in [0.2, 0.25) is 0 Å². The molecule has 27 heavy (non-hydrogen) atoms. The maximum atomic E-state index is 13.5. The third-order valence-electron chi connectivity index (χ3n) is 3.57. The van der Waals surface area contributed by atoms with Crippen molar-refractivity contribution in [1.82, 2.24) is 4.98 Å². The van der Waals surface area contributed by atoms with Crippen LogP contribution >= 0.6 is 11.3 Å². The van der Waals surface area contributed by atoms with Crippen LogP contribution in [-0.4, -0.2) is 17.5 Å². The van der Waals surface area contributed by atoms with Gasteiger partial charge >= 0.3 is 0 Å². The fraction of sp³-hybridized carbons (Fsp3) is 0.0526. The van der Waals surface area contributed by atoms with Crippen LogP contribution in [0.15, 0.2) is 69.9 Å². The maximum Gasteiger partial charge on any atom is 0.264 e. The van der Waals surface area contributed by atoms with E-state index in [-0.39, 0.29) is 12.4 Å². The molecule has 3 aromatic heterocycles. The molecule has 0 spiro atoms. The molecule has 0 fully saturated rings. The number of hydrogen-bond acceptors (Lipinski definition) is 6. The number of anilines is 1. The molecule has 0 atom stereocenters. The lowest BCUT2D eigenvalue weighted by molar-refractivity contribution is -0.118. The predicted octanol–water partition coefficient (Wildman–Crippen LogP) is 4.82. The highest BCUT2D eigenvalue weighted by molar-refractivity contribution is 7.19. The molecule has 4 rings (SSSR count).